The van der Waals surface area contributed by atoms with Gasteiger partial charge in [0, 0.05) is 34.9 Å². The summed E-state index contributed by atoms with van der Waals surface area (Å²) in [7, 11) is 0. The van der Waals surface area contributed by atoms with E-state index in [0.717, 1.165) is 15.6 Å². The number of nitrogens with one attached hydrogen (secondary N) is 2. The lowest BCUT2D eigenvalue weighted by Crippen LogP contribution is -2.35. The van der Waals surface area contributed by atoms with Gasteiger partial charge in [-0.05, 0) is 34.5 Å². The first kappa shape index (κ1) is 17.3. The standard InChI is InChI=1S/C18H17BrN4O2/c1-11(13-7-14(19)9-20-8-13)22-23-18(25)16-15(10-21-17(16)24)12-5-3-2-4-6-12/h2-9,15-16H,10H2,1H3,(H,21,24)(H,23,25)/b22-11-. The Balaban J connectivity index is 1.75. The van der Waals surface area contributed by atoms with Gasteiger partial charge < -0.3 is 5.32 Å². The van der Waals surface area contributed by atoms with Crippen LogP contribution in [0.25, 0.3) is 0 Å². The molecule has 3 rings (SSSR count). The van der Waals surface area contributed by atoms with E-state index in [1.54, 1.807) is 19.3 Å². The Morgan fingerprint density at radius 3 is 2.80 bits per heavy atom. The number of rotatable bonds is 4. The van der Waals surface area contributed by atoms with Gasteiger partial charge in [0.2, 0.25) is 5.91 Å². The van der Waals surface area contributed by atoms with Crippen LogP contribution in [0.5, 0.6) is 0 Å². The van der Waals surface area contributed by atoms with Crippen LogP contribution in [0.15, 0.2) is 58.4 Å². The molecule has 1 saturated heterocycles. The molecule has 0 bridgehead atoms. The van der Waals surface area contributed by atoms with Crippen molar-refractivity contribution >= 4 is 33.5 Å². The number of benzene rings is 1. The van der Waals surface area contributed by atoms with E-state index in [9.17, 15) is 9.59 Å². The fraction of sp³-hybridized carbons (Fsp3) is 0.222. The minimum absolute atomic E-state index is 0.197. The summed E-state index contributed by atoms with van der Waals surface area (Å²) < 4.78 is 0.824. The molecule has 0 saturated carbocycles. The van der Waals surface area contributed by atoms with Crippen LogP contribution < -0.4 is 10.7 Å². The summed E-state index contributed by atoms with van der Waals surface area (Å²) in [5, 5.41) is 6.88. The first-order valence-corrected chi connectivity index (χ1v) is 8.63. The minimum atomic E-state index is -0.792. The highest BCUT2D eigenvalue weighted by Crippen LogP contribution is 2.29. The van der Waals surface area contributed by atoms with E-state index in [0.29, 0.717) is 12.3 Å². The van der Waals surface area contributed by atoms with Gasteiger partial charge in [-0.15, -0.1) is 0 Å². The molecule has 0 radical (unpaired) electrons. The van der Waals surface area contributed by atoms with E-state index in [1.807, 2.05) is 36.4 Å². The summed E-state index contributed by atoms with van der Waals surface area (Å²) >= 11 is 3.35. The van der Waals surface area contributed by atoms with Gasteiger partial charge in [0.25, 0.3) is 5.91 Å². The van der Waals surface area contributed by atoms with Crippen LogP contribution in [0.1, 0.15) is 24.0 Å². The lowest BCUT2D eigenvalue weighted by Gasteiger charge is -2.15. The number of hydrogen-bond acceptors (Lipinski definition) is 4. The second kappa shape index (κ2) is 7.57. The van der Waals surface area contributed by atoms with Crippen molar-refractivity contribution in [3.05, 3.63) is 64.4 Å². The molecule has 2 atom stereocenters. The molecule has 1 fully saturated rings. The van der Waals surface area contributed by atoms with Crippen LogP contribution in [0.4, 0.5) is 0 Å². The number of carbonyl (C=O) groups excluding carboxylic acids is 2. The number of pyridine rings is 1. The van der Waals surface area contributed by atoms with Gasteiger partial charge in [-0.2, -0.15) is 5.10 Å². The molecule has 1 aliphatic heterocycles. The topological polar surface area (TPSA) is 83.5 Å². The molecule has 2 aromatic rings. The highest BCUT2D eigenvalue weighted by molar-refractivity contribution is 9.10. The van der Waals surface area contributed by atoms with E-state index in [-0.39, 0.29) is 11.8 Å². The van der Waals surface area contributed by atoms with Gasteiger partial charge in [0.1, 0.15) is 5.92 Å². The van der Waals surface area contributed by atoms with Crippen molar-refractivity contribution in [2.75, 3.05) is 6.54 Å². The minimum Gasteiger partial charge on any atom is -0.355 e. The highest BCUT2D eigenvalue weighted by Gasteiger charge is 2.40. The van der Waals surface area contributed by atoms with Crippen molar-refractivity contribution in [1.29, 1.82) is 0 Å². The maximum atomic E-state index is 12.5. The van der Waals surface area contributed by atoms with E-state index in [1.165, 1.54) is 0 Å². The first-order valence-electron chi connectivity index (χ1n) is 7.84. The van der Waals surface area contributed by atoms with Gasteiger partial charge in [0.15, 0.2) is 0 Å². The van der Waals surface area contributed by atoms with E-state index in [2.05, 4.69) is 36.8 Å². The SMILES string of the molecule is C/C(=N/NC(=O)C1C(=O)NCC1c1ccccc1)c1cncc(Br)c1. The molecule has 2 heterocycles. The van der Waals surface area contributed by atoms with Gasteiger partial charge in [-0.3, -0.25) is 14.6 Å². The zero-order chi connectivity index (χ0) is 17.8. The first-order chi connectivity index (χ1) is 12.1. The Bertz CT molecular complexity index is 823. The molecule has 0 spiro atoms. The van der Waals surface area contributed by atoms with Gasteiger partial charge in [-0.25, -0.2) is 5.43 Å². The predicted octanol–water partition coefficient (Wildman–Crippen LogP) is 2.21. The number of amides is 2. The van der Waals surface area contributed by atoms with Crippen molar-refractivity contribution in [2.24, 2.45) is 11.0 Å². The van der Waals surface area contributed by atoms with Crippen LogP contribution in [0.2, 0.25) is 0 Å². The number of aromatic nitrogens is 1. The molecule has 2 unspecified atom stereocenters. The number of halogens is 1. The third kappa shape index (κ3) is 3.93. The third-order valence-corrected chi connectivity index (χ3v) is 4.58. The summed E-state index contributed by atoms with van der Waals surface area (Å²) in [6.45, 7) is 2.21. The number of carbonyl (C=O) groups is 2. The molecule has 1 aromatic heterocycles. The van der Waals surface area contributed by atoms with E-state index < -0.39 is 11.8 Å². The van der Waals surface area contributed by atoms with Crippen LogP contribution in [-0.4, -0.2) is 29.1 Å². The van der Waals surface area contributed by atoms with Crippen LogP contribution in [0.3, 0.4) is 0 Å². The maximum Gasteiger partial charge on any atom is 0.253 e. The fourth-order valence-electron chi connectivity index (χ4n) is 2.82. The lowest BCUT2D eigenvalue weighted by molar-refractivity contribution is -0.133. The molecule has 2 amide bonds. The number of hydrogen-bond donors (Lipinski definition) is 2. The summed E-state index contributed by atoms with van der Waals surface area (Å²) in [6.07, 6.45) is 3.33. The quantitative estimate of drug-likeness (QED) is 0.468. The Kier molecular flexibility index (Phi) is 5.23. The Labute approximate surface area is 153 Å². The number of nitrogens with zero attached hydrogens (tertiary/aromatic N) is 2. The Hall–Kier alpha value is -2.54. The van der Waals surface area contributed by atoms with Crippen molar-refractivity contribution in [3.63, 3.8) is 0 Å². The Morgan fingerprint density at radius 2 is 2.08 bits per heavy atom. The van der Waals surface area contributed by atoms with E-state index >= 15 is 0 Å². The van der Waals surface area contributed by atoms with Crippen LogP contribution in [0, 0.1) is 5.92 Å². The van der Waals surface area contributed by atoms with Gasteiger partial charge in [-0.1, -0.05) is 30.3 Å². The Morgan fingerprint density at radius 1 is 1.32 bits per heavy atom. The summed E-state index contributed by atoms with van der Waals surface area (Å²) in [6, 6.07) is 11.4. The second-order valence-electron chi connectivity index (χ2n) is 5.81. The third-order valence-electron chi connectivity index (χ3n) is 4.15. The van der Waals surface area contributed by atoms with E-state index in [4.69, 9.17) is 0 Å². The van der Waals surface area contributed by atoms with Crippen LogP contribution >= 0.6 is 15.9 Å². The van der Waals surface area contributed by atoms with Crippen LogP contribution in [-0.2, 0) is 9.59 Å². The molecule has 2 N–H and O–H groups in total. The zero-order valence-electron chi connectivity index (χ0n) is 13.6. The fourth-order valence-corrected chi connectivity index (χ4v) is 3.18. The average Bonchev–Trinajstić information content (AvgIpc) is 3.02. The molecule has 7 heteroatoms. The largest absolute Gasteiger partial charge is 0.355 e. The summed E-state index contributed by atoms with van der Waals surface area (Å²) in [5.74, 6) is -1.68. The summed E-state index contributed by atoms with van der Waals surface area (Å²) in [4.78, 5) is 28.7. The lowest BCUT2D eigenvalue weighted by atomic mass is 9.88. The van der Waals surface area contributed by atoms with Crippen molar-refractivity contribution < 1.29 is 9.59 Å². The molecule has 1 aliphatic rings. The van der Waals surface area contributed by atoms with Gasteiger partial charge in [0.05, 0.1) is 5.71 Å². The normalized spacial score (nSPS) is 20.2. The number of hydrazone groups is 1. The molecule has 128 valence electrons. The molecular weight excluding hydrogens is 384 g/mol. The van der Waals surface area contributed by atoms with Crippen molar-refractivity contribution in [1.82, 2.24) is 15.7 Å². The zero-order valence-corrected chi connectivity index (χ0v) is 15.2. The van der Waals surface area contributed by atoms with Gasteiger partial charge >= 0.3 is 0 Å². The van der Waals surface area contributed by atoms with Crippen molar-refractivity contribution in [2.45, 2.75) is 12.8 Å². The molecular formula is C18H17BrN4O2. The summed E-state index contributed by atoms with van der Waals surface area (Å²) in [5.41, 5.74) is 4.86. The monoisotopic (exact) mass is 400 g/mol. The molecule has 0 aliphatic carbocycles. The average molecular weight is 401 g/mol. The molecule has 1 aromatic carbocycles. The molecule has 6 nitrogen and oxygen atoms in total. The van der Waals surface area contributed by atoms with Crippen molar-refractivity contribution in [3.8, 4) is 0 Å². The smallest absolute Gasteiger partial charge is 0.253 e. The highest BCUT2D eigenvalue weighted by atomic mass is 79.9. The maximum absolute atomic E-state index is 12.5. The second-order valence-corrected chi connectivity index (χ2v) is 6.72. The predicted molar refractivity (Wildman–Crippen MR) is 98.0 cm³/mol. The molecule has 25 heavy (non-hydrogen) atoms.